The number of amides is 1. The predicted molar refractivity (Wildman–Crippen MR) is 109 cm³/mol. The largest absolute Gasteiger partial charge is 0.451 e. The van der Waals surface area contributed by atoms with E-state index in [1.807, 2.05) is 0 Å². The molecule has 0 radical (unpaired) electrons. The number of carbonyl (C=O) groups is 1. The molecule has 0 spiro atoms. The molecule has 2 aromatic carbocycles. The zero-order valence-corrected chi connectivity index (χ0v) is 16.8. The fourth-order valence-corrected chi connectivity index (χ4v) is 5.21. The van der Waals surface area contributed by atoms with E-state index >= 15 is 0 Å². The fourth-order valence-electron chi connectivity index (χ4n) is 3.29. The Hall–Kier alpha value is -2.68. The third kappa shape index (κ3) is 3.66. The number of hydrogen-bond donors (Lipinski definition) is 0. The van der Waals surface area contributed by atoms with E-state index in [1.165, 1.54) is 27.4 Å². The number of carbonyl (C=O) groups excluding carboxylic acids is 1. The lowest BCUT2D eigenvalue weighted by Crippen LogP contribution is -2.50. The van der Waals surface area contributed by atoms with Gasteiger partial charge in [-0.1, -0.05) is 35.9 Å². The van der Waals surface area contributed by atoms with Crippen molar-refractivity contribution in [3.63, 3.8) is 0 Å². The minimum Gasteiger partial charge on any atom is -0.451 e. The number of rotatable bonds is 3. The highest BCUT2D eigenvalue weighted by molar-refractivity contribution is 7.89. The second-order valence-electron chi connectivity index (χ2n) is 6.60. The maximum atomic E-state index is 12.8. The first-order chi connectivity index (χ1) is 13.9. The van der Waals surface area contributed by atoms with Gasteiger partial charge in [-0.3, -0.25) is 9.59 Å². The van der Waals surface area contributed by atoms with Crippen LogP contribution >= 0.6 is 11.6 Å². The number of para-hydroxylation sites is 1. The van der Waals surface area contributed by atoms with Gasteiger partial charge in [0.2, 0.25) is 10.0 Å². The van der Waals surface area contributed by atoms with Gasteiger partial charge in [0.25, 0.3) is 5.91 Å². The number of sulfonamides is 1. The Morgan fingerprint density at radius 3 is 2.34 bits per heavy atom. The molecule has 9 heteroatoms. The molecule has 3 aromatic rings. The average molecular weight is 433 g/mol. The normalized spacial score (nSPS) is 15.6. The summed E-state index contributed by atoms with van der Waals surface area (Å²) in [5, 5.41) is 0.559. The van der Waals surface area contributed by atoms with Gasteiger partial charge in [-0.25, -0.2) is 8.42 Å². The summed E-state index contributed by atoms with van der Waals surface area (Å²) in [6, 6.07) is 14.1. The van der Waals surface area contributed by atoms with Crippen LogP contribution in [0.5, 0.6) is 0 Å². The topological polar surface area (TPSA) is 87.9 Å². The Balaban J connectivity index is 1.52. The summed E-state index contributed by atoms with van der Waals surface area (Å²) < 4.78 is 32.5. The van der Waals surface area contributed by atoms with Crippen LogP contribution in [0, 0.1) is 0 Å². The van der Waals surface area contributed by atoms with Crippen molar-refractivity contribution in [1.29, 1.82) is 0 Å². The van der Waals surface area contributed by atoms with Crippen LogP contribution in [-0.4, -0.2) is 49.7 Å². The lowest BCUT2D eigenvalue weighted by molar-refractivity contribution is 0.0666. The fraction of sp³-hybridized carbons (Fsp3) is 0.200. The first-order valence-corrected chi connectivity index (χ1v) is 10.8. The maximum Gasteiger partial charge on any atom is 0.289 e. The molecule has 150 valence electrons. The third-order valence-corrected chi connectivity index (χ3v) is 7.22. The van der Waals surface area contributed by atoms with Gasteiger partial charge in [0.15, 0.2) is 11.2 Å². The summed E-state index contributed by atoms with van der Waals surface area (Å²) in [4.78, 5) is 26.5. The molecule has 1 aromatic heterocycles. The van der Waals surface area contributed by atoms with E-state index in [4.69, 9.17) is 16.0 Å². The monoisotopic (exact) mass is 432 g/mol. The molecule has 1 aliphatic rings. The minimum atomic E-state index is -3.75. The van der Waals surface area contributed by atoms with Gasteiger partial charge in [0.05, 0.1) is 10.4 Å². The summed E-state index contributed by atoms with van der Waals surface area (Å²) in [6.45, 7) is 0.603. The van der Waals surface area contributed by atoms with Gasteiger partial charge in [-0.15, -0.1) is 0 Å². The quantitative estimate of drug-likeness (QED) is 0.634. The van der Waals surface area contributed by atoms with Gasteiger partial charge in [0, 0.05) is 32.2 Å². The van der Waals surface area contributed by atoms with E-state index in [0.29, 0.717) is 11.0 Å². The van der Waals surface area contributed by atoms with Crippen LogP contribution in [0.15, 0.2) is 68.7 Å². The molecule has 29 heavy (non-hydrogen) atoms. The van der Waals surface area contributed by atoms with Crippen LogP contribution in [0.25, 0.3) is 11.0 Å². The van der Waals surface area contributed by atoms with Gasteiger partial charge in [0.1, 0.15) is 10.5 Å². The zero-order chi connectivity index (χ0) is 20.6. The van der Waals surface area contributed by atoms with Crippen LogP contribution in [0.2, 0.25) is 5.02 Å². The van der Waals surface area contributed by atoms with Gasteiger partial charge >= 0.3 is 0 Å². The molecule has 2 heterocycles. The Labute approximate surface area is 172 Å². The van der Waals surface area contributed by atoms with E-state index in [2.05, 4.69) is 0 Å². The zero-order valence-electron chi connectivity index (χ0n) is 15.2. The molecule has 0 saturated carbocycles. The standard InChI is InChI=1S/C20H17ClN2O5S/c21-15-6-2-4-8-19(15)29(26,27)23-11-9-22(10-12-23)20(25)18-13-16(24)14-5-1-3-7-17(14)28-18/h1-8,13H,9-12H2. The second kappa shape index (κ2) is 7.62. The lowest BCUT2D eigenvalue weighted by atomic mass is 10.2. The average Bonchev–Trinajstić information content (AvgIpc) is 2.73. The number of halogens is 1. The Kier molecular flexibility index (Phi) is 5.16. The predicted octanol–water partition coefficient (Wildman–Crippen LogP) is 2.59. The van der Waals surface area contributed by atoms with Crippen molar-refractivity contribution in [2.45, 2.75) is 4.90 Å². The van der Waals surface area contributed by atoms with E-state index in [1.54, 1.807) is 36.4 Å². The molecular formula is C20H17ClN2O5S. The lowest BCUT2D eigenvalue weighted by Gasteiger charge is -2.33. The van der Waals surface area contributed by atoms with Crippen LogP contribution in [0.4, 0.5) is 0 Å². The number of nitrogens with zero attached hydrogens (tertiary/aromatic N) is 2. The summed E-state index contributed by atoms with van der Waals surface area (Å²) in [6.07, 6.45) is 0. The van der Waals surface area contributed by atoms with Crippen LogP contribution < -0.4 is 5.43 Å². The molecule has 1 saturated heterocycles. The van der Waals surface area contributed by atoms with Crippen LogP contribution in [0.1, 0.15) is 10.6 Å². The molecule has 1 amide bonds. The van der Waals surface area contributed by atoms with Crippen molar-refractivity contribution in [1.82, 2.24) is 9.21 Å². The van der Waals surface area contributed by atoms with Crippen molar-refractivity contribution in [3.05, 3.63) is 75.6 Å². The van der Waals surface area contributed by atoms with E-state index in [-0.39, 0.29) is 47.3 Å². The van der Waals surface area contributed by atoms with E-state index in [0.717, 1.165) is 0 Å². The number of piperazine rings is 1. The molecular weight excluding hydrogens is 416 g/mol. The molecule has 0 unspecified atom stereocenters. The SMILES string of the molecule is O=C(c1cc(=O)c2ccccc2o1)N1CCN(S(=O)(=O)c2ccccc2Cl)CC1. The summed E-state index contributed by atoms with van der Waals surface area (Å²) in [7, 11) is -3.75. The highest BCUT2D eigenvalue weighted by atomic mass is 35.5. The van der Waals surface area contributed by atoms with Crippen molar-refractivity contribution >= 4 is 38.5 Å². The highest BCUT2D eigenvalue weighted by Crippen LogP contribution is 2.25. The van der Waals surface area contributed by atoms with Crippen LogP contribution in [-0.2, 0) is 10.0 Å². The first kappa shape index (κ1) is 19.6. The van der Waals surface area contributed by atoms with Gasteiger partial charge in [-0.05, 0) is 24.3 Å². The Bertz CT molecular complexity index is 1250. The smallest absolute Gasteiger partial charge is 0.289 e. The van der Waals surface area contributed by atoms with Crippen molar-refractivity contribution < 1.29 is 17.6 Å². The molecule has 0 atom stereocenters. The molecule has 1 fully saturated rings. The molecule has 0 N–H and O–H groups in total. The summed E-state index contributed by atoms with van der Waals surface area (Å²) >= 11 is 6.04. The van der Waals surface area contributed by atoms with Crippen molar-refractivity contribution in [2.75, 3.05) is 26.2 Å². The number of benzene rings is 2. The van der Waals surface area contributed by atoms with Gasteiger partial charge in [-0.2, -0.15) is 4.31 Å². The molecule has 7 nitrogen and oxygen atoms in total. The molecule has 4 rings (SSSR count). The summed E-state index contributed by atoms with van der Waals surface area (Å²) in [5.74, 6) is -0.501. The maximum absolute atomic E-state index is 12.8. The molecule has 1 aliphatic heterocycles. The third-order valence-electron chi connectivity index (χ3n) is 4.83. The van der Waals surface area contributed by atoms with Gasteiger partial charge < -0.3 is 9.32 Å². The Morgan fingerprint density at radius 2 is 1.62 bits per heavy atom. The Morgan fingerprint density at radius 1 is 0.966 bits per heavy atom. The summed E-state index contributed by atoms with van der Waals surface area (Å²) in [5.41, 5.74) is 0.0402. The molecule has 0 bridgehead atoms. The van der Waals surface area contributed by atoms with E-state index in [9.17, 15) is 18.0 Å². The number of hydrogen-bond acceptors (Lipinski definition) is 5. The van der Waals surface area contributed by atoms with Crippen molar-refractivity contribution in [2.24, 2.45) is 0 Å². The molecule has 0 aliphatic carbocycles. The minimum absolute atomic E-state index is 0.0435. The number of fused-ring (bicyclic) bond motifs is 1. The van der Waals surface area contributed by atoms with E-state index < -0.39 is 15.9 Å². The first-order valence-electron chi connectivity index (χ1n) is 8.95. The van der Waals surface area contributed by atoms with Crippen molar-refractivity contribution in [3.8, 4) is 0 Å². The van der Waals surface area contributed by atoms with Crippen LogP contribution in [0.3, 0.4) is 0 Å². The second-order valence-corrected chi connectivity index (χ2v) is 8.91. The highest BCUT2D eigenvalue weighted by Gasteiger charge is 2.32.